The first-order valence-corrected chi connectivity index (χ1v) is 7.28. The lowest BCUT2D eigenvalue weighted by atomic mass is 10.3. The van der Waals surface area contributed by atoms with Crippen LogP contribution in [0.5, 0.6) is 0 Å². The molecule has 0 aromatic heterocycles. The molecule has 1 saturated carbocycles. The summed E-state index contributed by atoms with van der Waals surface area (Å²) in [5.74, 6) is -0.200. The van der Waals surface area contributed by atoms with E-state index < -0.39 is 5.97 Å². The van der Waals surface area contributed by atoms with Crippen LogP contribution in [0, 0.1) is 5.92 Å². The highest BCUT2D eigenvalue weighted by Gasteiger charge is 2.27. The molecule has 1 N–H and O–H groups in total. The Labute approximate surface area is 115 Å². The summed E-state index contributed by atoms with van der Waals surface area (Å²) in [7, 11) is 0. The molecule has 0 aliphatic heterocycles. The molecule has 5 heteroatoms. The number of nitrogens with zero attached hydrogens (tertiary/aromatic N) is 2. The average Bonchev–Trinajstić information content (AvgIpc) is 3.11. The van der Waals surface area contributed by atoms with Gasteiger partial charge in [0, 0.05) is 19.6 Å². The first kappa shape index (κ1) is 16.0. The summed E-state index contributed by atoms with van der Waals surface area (Å²) in [6, 6.07) is 0. The molecule has 1 fully saturated rings. The molecule has 0 bridgehead atoms. The monoisotopic (exact) mass is 270 g/mol. The predicted molar refractivity (Wildman–Crippen MR) is 74.0 cm³/mol. The number of carboxylic acid groups (broad SMARTS) is 1. The Kier molecular flexibility index (Phi) is 6.84. The third-order valence-electron chi connectivity index (χ3n) is 3.27. The van der Waals surface area contributed by atoms with Crippen molar-refractivity contribution in [1.29, 1.82) is 0 Å². The molecule has 0 heterocycles. The highest BCUT2D eigenvalue weighted by atomic mass is 16.4. The molecule has 0 saturated heterocycles. The van der Waals surface area contributed by atoms with Crippen molar-refractivity contribution in [3.63, 3.8) is 0 Å². The van der Waals surface area contributed by atoms with Crippen molar-refractivity contribution in [2.45, 2.75) is 39.5 Å². The van der Waals surface area contributed by atoms with E-state index in [9.17, 15) is 9.59 Å². The van der Waals surface area contributed by atoms with Crippen molar-refractivity contribution in [1.82, 2.24) is 9.80 Å². The SMILES string of the molecule is CCCN(CCC)C(=O)CN(CC(=O)O)CC1CC1. The number of carbonyl (C=O) groups excluding carboxylic acids is 1. The van der Waals surface area contributed by atoms with Crippen molar-refractivity contribution in [2.24, 2.45) is 5.92 Å². The van der Waals surface area contributed by atoms with Crippen LogP contribution in [0.25, 0.3) is 0 Å². The molecule has 0 atom stereocenters. The lowest BCUT2D eigenvalue weighted by Crippen LogP contribution is -2.43. The van der Waals surface area contributed by atoms with E-state index in [1.807, 2.05) is 4.90 Å². The van der Waals surface area contributed by atoms with Gasteiger partial charge in [-0.15, -0.1) is 0 Å². The normalized spacial score (nSPS) is 14.7. The van der Waals surface area contributed by atoms with E-state index in [0.29, 0.717) is 5.92 Å². The van der Waals surface area contributed by atoms with Crippen LogP contribution < -0.4 is 0 Å². The quantitative estimate of drug-likeness (QED) is 0.652. The van der Waals surface area contributed by atoms with E-state index in [4.69, 9.17) is 5.11 Å². The van der Waals surface area contributed by atoms with Gasteiger partial charge in [-0.1, -0.05) is 13.8 Å². The Balaban J connectivity index is 2.48. The molecule has 1 aliphatic carbocycles. The van der Waals surface area contributed by atoms with Crippen LogP contribution in [-0.2, 0) is 9.59 Å². The van der Waals surface area contributed by atoms with Gasteiger partial charge in [-0.3, -0.25) is 14.5 Å². The molecule has 1 amide bonds. The minimum Gasteiger partial charge on any atom is -0.480 e. The molecule has 0 spiro atoms. The lowest BCUT2D eigenvalue weighted by Gasteiger charge is -2.26. The molecule has 1 aliphatic rings. The van der Waals surface area contributed by atoms with Crippen LogP contribution in [0.3, 0.4) is 0 Å². The maximum Gasteiger partial charge on any atom is 0.317 e. The molecule has 110 valence electrons. The summed E-state index contributed by atoms with van der Waals surface area (Å²) in [5.41, 5.74) is 0. The molecule has 19 heavy (non-hydrogen) atoms. The van der Waals surface area contributed by atoms with Gasteiger partial charge in [0.1, 0.15) is 0 Å². The topological polar surface area (TPSA) is 60.9 Å². The zero-order chi connectivity index (χ0) is 14.3. The van der Waals surface area contributed by atoms with Crippen molar-refractivity contribution >= 4 is 11.9 Å². The highest BCUT2D eigenvalue weighted by Crippen LogP contribution is 2.29. The fourth-order valence-electron chi connectivity index (χ4n) is 2.23. The number of amides is 1. The van der Waals surface area contributed by atoms with Gasteiger partial charge >= 0.3 is 5.97 Å². The van der Waals surface area contributed by atoms with Crippen LogP contribution in [0.4, 0.5) is 0 Å². The summed E-state index contributed by atoms with van der Waals surface area (Å²) < 4.78 is 0. The Bertz CT molecular complexity index is 297. The molecular weight excluding hydrogens is 244 g/mol. The van der Waals surface area contributed by atoms with E-state index in [0.717, 1.165) is 45.3 Å². The third-order valence-corrected chi connectivity index (χ3v) is 3.27. The van der Waals surface area contributed by atoms with Crippen LogP contribution in [0.1, 0.15) is 39.5 Å². The van der Waals surface area contributed by atoms with Crippen molar-refractivity contribution < 1.29 is 14.7 Å². The molecule has 0 aromatic carbocycles. The number of hydrogen-bond donors (Lipinski definition) is 1. The van der Waals surface area contributed by atoms with Gasteiger partial charge < -0.3 is 10.0 Å². The standard InChI is InChI=1S/C14H26N2O3/c1-3-7-16(8-4-2)13(17)10-15(11-14(18)19)9-12-5-6-12/h12H,3-11H2,1-2H3,(H,18,19). The summed E-state index contributed by atoms with van der Waals surface area (Å²) >= 11 is 0. The number of carboxylic acids is 1. The third kappa shape index (κ3) is 6.57. The molecule has 0 radical (unpaired) electrons. The summed E-state index contributed by atoms with van der Waals surface area (Å²) in [6.45, 7) is 6.57. The van der Waals surface area contributed by atoms with Gasteiger partial charge in [-0.2, -0.15) is 0 Å². The van der Waals surface area contributed by atoms with Gasteiger partial charge in [-0.05, 0) is 31.6 Å². The van der Waals surface area contributed by atoms with E-state index in [2.05, 4.69) is 13.8 Å². The summed E-state index contributed by atoms with van der Waals surface area (Å²) in [5, 5.41) is 8.91. The van der Waals surface area contributed by atoms with Gasteiger partial charge in [0.25, 0.3) is 0 Å². The summed E-state index contributed by atoms with van der Waals surface area (Å²) in [6.07, 6.45) is 4.20. The first-order chi connectivity index (χ1) is 9.06. The van der Waals surface area contributed by atoms with Gasteiger partial charge in [0.05, 0.1) is 13.1 Å². The largest absolute Gasteiger partial charge is 0.480 e. The Morgan fingerprint density at radius 2 is 1.68 bits per heavy atom. The van der Waals surface area contributed by atoms with Crippen LogP contribution >= 0.6 is 0 Å². The van der Waals surface area contributed by atoms with E-state index in [1.165, 1.54) is 0 Å². The fraction of sp³-hybridized carbons (Fsp3) is 0.857. The molecule has 0 unspecified atom stereocenters. The van der Waals surface area contributed by atoms with Crippen LogP contribution in [0.2, 0.25) is 0 Å². The minimum absolute atomic E-state index is 0.0334. The minimum atomic E-state index is -0.856. The van der Waals surface area contributed by atoms with Crippen molar-refractivity contribution in [3.05, 3.63) is 0 Å². The number of rotatable bonds is 10. The Morgan fingerprint density at radius 1 is 1.11 bits per heavy atom. The molecular formula is C14H26N2O3. The van der Waals surface area contributed by atoms with E-state index >= 15 is 0 Å². The second kappa shape index (κ2) is 8.15. The van der Waals surface area contributed by atoms with Crippen molar-refractivity contribution in [3.8, 4) is 0 Å². The lowest BCUT2D eigenvalue weighted by molar-refractivity contribution is -0.139. The Morgan fingerprint density at radius 3 is 2.11 bits per heavy atom. The second-order valence-corrected chi connectivity index (χ2v) is 5.39. The first-order valence-electron chi connectivity index (χ1n) is 7.28. The fourth-order valence-corrected chi connectivity index (χ4v) is 2.23. The van der Waals surface area contributed by atoms with Crippen molar-refractivity contribution in [2.75, 3.05) is 32.7 Å². The zero-order valence-corrected chi connectivity index (χ0v) is 12.1. The van der Waals surface area contributed by atoms with Crippen LogP contribution in [0.15, 0.2) is 0 Å². The smallest absolute Gasteiger partial charge is 0.317 e. The Hall–Kier alpha value is -1.10. The second-order valence-electron chi connectivity index (χ2n) is 5.39. The van der Waals surface area contributed by atoms with Gasteiger partial charge in [0.2, 0.25) is 5.91 Å². The number of carbonyl (C=O) groups is 2. The zero-order valence-electron chi connectivity index (χ0n) is 12.1. The van der Waals surface area contributed by atoms with Gasteiger partial charge in [-0.25, -0.2) is 0 Å². The molecule has 0 aromatic rings. The predicted octanol–water partition coefficient (Wildman–Crippen LogP) is 1.43. The number of aliphatic carboxylic acids is 1. The number of hydrogen-bond acceptors (Lipinski definition) is 3. The van der Waals surface area contributed by atoms with E-state index in [1.54, 1.807) is 4.90 Å². The maximum absolute atomic E-state index is 12.2. The average molecular weight is 270 g/mol. The summed E-state index contributed by atoms with van der Waals surface area (Å²) in [4.78, 5) is 26.7. The molecule has 5 nitrogen and oxygen atoms in total. The van der Waals surface area contributed by atoms with Gasteiger partial charge in [0.15, 0.2) is 0 Å². The van der Waals surface area contributed by atoms with E-state index in [-0.39, 0.29) is 19.0 Å². The van der Waals surface area contributed by atoms with Crippen LogP contribution in [-0.4, -0.2) is 59.5 Å². The highest BCUT2D eigenvalue weighted by molar-refractivity contribution is 5.79. The molecule has 1 rings (SSSR count). The maximum atomic E-state index is 12.2.